The fraction of sp³-hybridized carbons (Fsp3) is 0.789. The summed E-state index contributed by atoms with van der Waals surface area (Å²) in [6, 6.07) is 0. The van der Waals surface area contributed by atoms with Crippen molar-refractivity contribution in [3.8, 4) is 0 Å². The summed E-state index contributed by atoms with van der Waals surface area (Å²) in [5.41, 5.74) is 0. The van der Waals surface area contributed by atoms with Gasteiger partial charge in [-0.1, -0.05) is 45.1 Å². The van der Waals surface area contributed by atoms with E-state index in [1.165, 1.54) is 12.5 Å². The van der Waals surface area contributed by atoms with Crippen LogP contribution in [0.5, 0.6) is 0 Å². The summed E-state index contributed by atoms with van der Waals surface area (Å²) in [6.45, 7) is 2.62. The normalized spacial score (nSPS) is 18.7. The third-order valence-corrected chi connectivity index (χ3v) is 4.68. The van der Waals surface area contributed by atoms with E-state index in [0.717, 1.165) is 51.4 Å². The Balaban J connectivity index is 2.29. The highest BCUT2D eigenvalue weighted by atomic mass is 16.5. The zero-order valence-corrected chi connectivity index (χ0v) is 14.4. The number of unbranched alkanes of at least 4 members (excludes halogenated alkanes) is 2. The zero-order chi connectivity index (χ0) is 16.9. The lowest BCUT2D eigenvalue weighted by atomic mass is 9.83. The van der Waals surface area contributed by atoms with Crippen LogP contribution in [0.2, 0.25) is 0 Å². The second-order valence-electron chi connectivity index (χ2n) is 6.62. The van der Waals surface area contributed by atoms with Crippen LogP contribution in [0.4, 0.5) is 0 Å². The van der Waals surface area contributed by atoms with Gasteiger partial charge in [-0.3, -0.25) is 9.59 Å². The molecule has 1 aliphatic rings. The molecule has 0 radical (unpaired) electrons. The van der Waals surface area contributed by atoms with E-state index in [9.17, 15) is 14.7 Å². The molecular formula is C19H32O4. The van der Waals surface area contributed by atoms with E-state index < -0.39 is 6.10 Å². The Morgan fingerprint density at radius 2 is 2.00 bits per heavy atom. The molecule has 0 aliphatic heterocycles. The van der Waals surface area contributed by atoms with Gasteiger partial charge in [0.15, 0.2) is 5.78 Å². The summed E-state index contributed by atoms with van der Waals surface area (Å²) in [4.78, 5) is 22.5. The van der Waals surface area contributed by atoms with E-state index >= 15 is 0 Å². The fourth-order valence-electron chi connectivity index (χ4n) is 3.25. The van der Waals surface area contributed by atoms with Crippen molar-refractivity contribution in [3.05, 3.63) is 12.2 Å². The largest absolute Gasteiger partial charge is 0.464 e. The number of hydrogen-bond donors (Lipinski definition) is 1. The molecule has 0 bridgehead atoms. The summed E-state index contributed by atoms with van der Waals surface area (Å²) in [5, 5.41) is 10.2. The molecule has 1 fully saturated rings. The van der Waals surface area contributed by atoms with Gasteiger partial charge in [0.25, 0.3) is 6.47 Å². The highest BCUT2D eigenvalue weighted by Gasteiger charge is 2.22. The van der Waals surface area contributed by atoms with Gasteiger partial charge < -0.3 is 9.84 Å². The second-order valence-corrected chi connectivity index (χ2v) is 6.62. The average molecular weight is 324 g/mol. The lowest BCUT2D eigenvalue weighted by molar-refractivity contribution is -0.133. The van der Waals surface area contributed by atoms with Crippen molar-refractivity contribution in [2.45, 2.75) is 89.8 Å². The molecular weight excluding hydrogens is 292 g/mol. The number of rotatable bonds is 12. The summed E-state index contributed by atoms with van der Waals surface area (Å²) >= 11 is 0. The van der Waals surface area contributed by atoms with Crippen LogP contribution in [-0.4, -0.2) is 29.6 Å². The number of hydrogen-bond acceptors (Lipinski definition) is 4. The predicted octanol–water partition coefficient (Wildman–Crippen LogP) is 3.96. The Morgan fingerprint density at radius 3 is 2.65 bits per heavy atom. The number of carbonyl (C=O) groups is 2. The Morgan fingerprint density at radius 1 is 1.26 bits per heavy atom. The molecule has 0 saturated heterocycles. The molecule has 0 aromatic rings. The van der Waals surface area contributed by atoms with Gasteiger partial charge in [-0.25, -0.2) is 0 Å². The van der Waals surface area contributed by atoms with Crippen LogP contribution in [0.15, 0.2) is 12.2 Å². The minimum absolute atomic E-state index is 0.0403. The predicted molar refractivity (Wildman–Crippen MR) is 91.0 cm³/mol. The first-order chi connectivity index (χ1) is 11.2. The third kappa shape index (κ3) is 8.89. The van der Waals surface area contributed by atoms with Crippen LogP contribution in [-0.2, 0) is 14.3 Å². The Bertz CT molecular complexity index is 358. The van der Waals surface area contributed by atoms with Crippen molar-refractivity contribution in [2.75, 3.05) is 0 Å². The second kappa shape index (κ2) is 12.3. The molecule has 4 heteroatoms. The maximum atomic E-state index is 11.9. The number of ketones is 1. The SMILES string of the molecule is CCCCC[C@H](C/C=C/C(=O)C[C@@H](O)C1CCCCC1)OC=O. The van der Waals surface area contributed by atoms with Crippen molar-refractivity contribution < 1.29 is 19.4 Å². The van der Waals surface area contributed by atoms with Crippen LogP contribution in [0.1, 0.15) is 77.6 Å². The molecule has 4 nitrogen and oxygen atoms in total. The standard InChI is InChI=1S/C19H32O4/c1-2-3-5-12-18(23-15-20)13-8-11-17(21)14-19(22)16-9-6-4-7-10-16/h8,11,15-16,18-19,22H,2-7,9-10,12-14H2,1H3/b11-8+/t18-,19-/m1/s1. The van der Waals surface area contributed by atoms with Gasteiger partial charge in [0, 0.05) is 12.8 Å². The lowest BCUT2D eigenvalue weighted by Gasteiger charge is -2.25. The first-order valence-electron chi connectivity index (χ1n) is 9.13. The summed E-state index contributed by atoms with van der Waals surface area (Å²) < 4.78 is 5.05. The van der Waals surface area contributed by atoms with E-state index in [4.69, 9.17) is 4.74 Å². The van der Waals surface area contributed by atoms with Crippen LogP contribution >= 0.6 is 0 Å². The zero-order valence-electron chi connectivity index (χ0n) is 14.4. The van der Waals surface area contributed by atoms with E-state index in [1.54, 1.807) is 6.08 Å². The number of aliphatic hydroxyl groups is 1. The van der Waals surface area contributed by atoms with Gasteiger partial charge >= 0.3 is 0 Å². The van der Waals surface area contributed by atoms with E-state index in [1.807, 2.05) is 0 Å². The summed E-state index contributed by atoms with van der Waals surface area (Å²) in [7, 11) is 0. The molecule has 0 amide bonds. The summed E-state index contributed by atoms with van der Waals surface area (Å²) in [5.74, 6) is 0.239. The molecule has 1 N–H and O–H groups in total. The number of ether oxygens (including phenoxy) is 1. The molecule has 1 saturated carbocycles. The van der Waals surface area contributed by atoms with Crippen molar-refractivity contribution in [2.24, 2.45) is 5.92 Å². The minimum atomic E-state index is -0.515. The molecule has 0 aromatic heterocycles. The molecule has 0 heterocycles. The van der Waals surface area contributed by atoms with Crippen molar-refractivity contribution in [3.63, 3.8) is 0 Å². The van der Waals surface area contributed by atoms with E-state index in [2.05, 4.69) is 6.92 Å². The Labute approximate surface area is 140 Å². The number of allylic oxidation sites excluding steroid dienone is 1. The van der Waals surface area contributed by atoms with E-state index in [-0.39, 0.29) is 24.2 Å². The van der Waals surface area contributed by atoms with Gasteiger partial charge in [0.1, 0.15) is 6.10 Å². The minimum Gasteiger partial charge on any atom is -0.464 e. The van der Waals surface area contributed by atoms with Crippen molar-refractivity contribution >= 4 is 12.3 Å². The molecule has 0 spiro atoms. The Kier molecular flexibility index (Phi) is 10.6. The van der Waals surface area contributed by atoms with Gasteiger partial charge in [-0.2, -0.15) is 0 Å². The van der Waals surface area contributed by atoms with Crippen LogP contribution in [0, 0.1) is 5.92 Å². The fourth-order valence-corrected chi connectivity index (χ4v) is 3.25. The van der Waals surface area contributed by atoms with Crippen molar-refractivity contribution in [1.29, 1.82) is 0 Å². The summed E-state index contributed by atoms with van der Waals surface area (Å²) in [6.07, 6.45) is 13.1. The van der Waals surface area contributed by atoms with Gasteiger partial charge in [-0.05, 0) is 37.7 Å². The monoisotopic (exact) mass is 324 g/mol. The number of carbonyl (C=O) groups excluding carboxylic acids is 2. The van der Waals surface area contributed by atoms with Crippen LogP contribution in [0.3, 0.4) is 0 Å². The van der Waals surface area contributed by atoms with Gasteiger partial charge in [-0.15, -0.1) is 0 Å². The molecule has 1 rings (SSSR count). The smallest absolute Gasteiger partial charge is 0.293 e. The van der Waals surface area contributed by atoms with E-state index in [0.29, 0.717) is 12.9 Å². The lowest BCUT2D eigenvalue weighted by Crippen LogP contribution is -2.25. The van der Waals surface area contributed by atoms with Gasteiger partial charge in [0.05, 0.1) is 6.10 Å². The number of aliphatic hydroxyl groups excluding tert-OH is 1. The van der Waals surface area contributed by atoms with Gasteiger partial charge in [0.2, 0.25) is 0 Å². The molecule has 23 heavy (non-hydrogen) atoms. The highest BCUT2D eigenvalue weighted by Crippen LogP contribution is 2.27. The molecule has 1 aliphatic carbocycles. The van der Waals surface area contributed by atoms with Crippen LogP contribution in [0.25, 0.3) is 0 Å². The molecule has 0 unspecified atom stereocenters. The first-order valence-corrected chi connectivity index (χ1v) is 9.13. The quantitative estimate of drug-likeness (QED) is 0.335. The topological polar surface area (TPSA) is 63.6 Å². The molecule has 0 aromatic carbocycles. The maximum absolute atomic E-state index is 11.9. The average Bonchev–Trinajstić information content (AvgIpc) is 2.56. The Hall–Kier alpha value is -1.16. The molecule has 132 valence electrons. The maximum Gasteiger partial charge on any atom is 0.293 e. The first kappa shape index (κ1) is 19.9. The van der Waals surface area contributed by atoms with Crippen molar-refractivity contribution in [1.82, 2.24) is 0 Å². The van der Waals surface area contributed by atoms with Crippen LogP contribution < -0.4 is 0 Å². The highest BCUT2D eigenvalue weighted by molar-refractivity contribution is 5.89. The third-order valence-electron chi connectivity index (χ3n) is 4.68. The molecule has 2 atom stereocenters.